The fraction of sp³-hybridized carbons (Fsp3) is 0.292. The highest BCUT2D eigenvalue weighted by Crippen LogP contribution is 2.34. The van der Waals surface area contributed by atoms with Gasteiger partial charge < -0.3 is 14.6 Å². The standard InChI is InChI=1S/C24H23N7O/c1-32-24-27-10-16(11-28-24)21-13-26-20-7-5-18(23(20)30-21)15-4-6-19-22(9-15)31(14-29-19)17-3-2-8-25-12-17/h4-6,9-11,13-14,17,25H,2-3,7-8,12H2,1H3. The predicted octanol–water partition coefficient (Wildman–Crippen LogP) is 3.20. The zero-order valence-electron chi connectivity index (χ0n) is 17.8. The summed E-state index contributed by atoms with van der Waals surface area (Å²) in [7, 11) is 1.55. The fourth-order valence-electron chi connectivity index (χ4n) is 4.58. The molecule has 0 saturated carbocycles. The van der Waals surface area contributed by atoms with Crippen LogP contribution in [0.15, 0.2) is 49.2 Å². The Labute approximate surface area is 185 Å². The number of piperidine rings is 1. The van der Waals surface area contributed by atoms with Gasteiger partial charge in [0.2, 0.25) is 0 Å². The lowest BCUT2D eigenvalue weighted by Gasteiger charge is -2.24. The van der Waals surface area contributed by atoms with Gasteiger partial charge in [0, 0.05) is 42.5 Å². The Bertz CT molecular complexity index is 1320. The third-order valence-electron chi connectivity index (χ3n) is 6.26. The van der Waals surface area contributed by atoms with Crippen molar-refractivity contribution in [3.63, 3.8) is 0 Å². The molecule has 1 aromatic carbocycles. The van der Waals surface area contributed by atoms with E-state index in [0.717, 1.165) is 58.8 Å². The molecule has 1 aliphatic heterocycles. The molecular formula is C24H23N7O. The van der Waals surface area contributed by atoms with Gasteiger partial charge in [-0.2, -0.15) is 0 Å². The van der Waals surface area contributed by atoms with Crippen LogP contribution in [0.2, 0.25) is 0 Å². The summed E-state index contributed by atoms with van der Waals surface area (Å²) >= 11 is 0. The van der Waals surface area contributed by atoms with Gasteiger partial charge in [0.05, 0.1) is 47.7 Å². The number of rotatable bonds is 4. The van der Waals surface area contributed by atoms with Crippen LogP contribution in [0.5, 0.6) is 6.01 Å². The van der Waals surface area contributed by atoms with E-state index in [1.807, 2.05) is 6.33 Å². The molecule has 1 N–H and O–H groups in total. The number of aromatic nitrogens is 6. The third kappa shape index (κ3) is 3.23. The van der Waals surface area contributed by atoms with Crippen molar-refractivity contribution in [1.29, 1.82) is 0 Å². The minimum atomic E-state index is 0.335. The summed E-state index contributed by atoms with van der Waals surface area (Å²) in [5.41, 5.74) is 7.90. The van der Waals surface area contributed by atoms with Crippen LogP contribution < -0.4 is 10.1 Å². The van der Waals surface area contributed by atoms with Gasteiger partial charge in [-0.05, 0) is 37.1 Å². The second-order valence-corrected chi connectivity index (χ2v) is 8.19. The molecule has 0 radical (unpaired) electrons. The van der Waals surface area contributed by atoms with Crippen molar-refractivity contribution >= 4 is 16.6 Å². The second kappa shape index (κ2) is 7.80. The highest BCUT2D eigenvalue weighted by Gasteiger charge is 2.22. The van der Waals surface area contributed by atoms with Crippen LogP contribution in [0.1, 0.15) is 35.8 Å². The molecule has 4 aromatic rings. The van der Waals surface area contributed by atoms with E-state index in [2.05, 4.69) is 54.1 Å². The fourth-order valence-corrected chi connectivity index (χ4v) is 4.58. The number of benzene rings is 1. The van der Waals surface area contributed by atoms with E-state index in [4.69, 9.17) is 9.72 Å². The van der Waals surface area contributed by atoms with E-state index >= 15 is 0 Å². The molecule has 8 heteroatoms. The number of imidazole rings is 1. The van der Waals surface area contributed by atoms with Gasteiger partial charge in [0.25, 0.3) is 0 Å². The SMILES string of the molecule is COc1ncc(-c2cnc3c(n2)C(c2ccc4ncn(C5CCCNC5)c4c2)=CC3)cn1. The number of hydrogen-bond donors (Lipinski definition) is 1. The minimum absolute atomic E-state index is 0.335. The Kier molecular flexibility index (Phi) is 4.65. The lowest BCUT2D eigenvalue weighted by Crippen LogP contribution is -2.31. The van der Waals surface area contributed by atoms with E-state index < -0.39 is 0 Å². The maximum atomic E-state index is 5.06. The number of fused-ring (bicyclic) bond motifs is 2. The van der Waals surface area contributed by atoms with Crippen LogP contribution in [0.4, 0.5) is 0 Å². The molecule has 0 spiro atoms. The first-order chi connectivity index (χ1) is 15.8. The summed E-state index contributed by atoms with van der Waals surface area (Å²) in [4.78, 5) is 22.6. The Morgan fingerprint density at radius 3 is 2.78 bits per heavy atom. The molecule has 6 rings (SSSR count). The molecule has 1 fully saturated rings. The van der Waals surface area contributed by atoms with Gasteiger partial charge in [0.15, 0.2) is 0 Å². The first kappa shape index (κ1) is 19.1. The Balaban J connectivity index is 1.37. The molecule has 0 bridgehead atoms. The van der Waals surface area contributed by atoms with Crippen molar-refractivity contribution in [2.45, 2.75) is 25.3 Å². The quantitative estimate of drug-likeness (QED) is 0.537. The zero-order chi connectivity index (χ0) is 21.5. The van der Waals surface area contributed by atoms with E-state index in [-0.39, 0.29) is 0 Å². The average molecular weight is 425 g/mol. The van der Waals surface area contributed by atoms with Crippen molar-refractivity contribution in [2.75, 3.05) is 20.2 Å². The number of ether oxygens (including phenoxy) is 1. The molecule has 160 valence electrons. The summed E-state index contributed by atoms with van der Waals surface area (Å²) in [6, 6.07) is 7.25. The molecule has 2 aliphatic rings. The number of methoxy groups -OCH3 is 1. The maximum absolute atomic E-state index is 5.06. The normalized spacial score (nSPS) is 17.9. The summed E-state index contributed by atoms with van der Waals surface area (Å²) < 4.78 is 7.38. The van der Waals surface area contributed by atoms with E-state index in [9.17, 15) is 0 Å². The summed E-state index contributed by atoms with van der Waals surface area (Å²) in [5.74, 6) is 0. The number of hydrogen-bond acceptors (Lipinski definition) is 7. The summed E-state index contributed by atoms with van der Waals surface area (Å²) in [6.07, 6.45) is 12.5. The van der Waals surface area contributed by atoms with Gasteiger partial charge in [-0.1, -0.05) is 12.1 Å². The van der Waals surface area contributed by atoms with Crippen molar-refractivity contribution < 1.29 is 4.74 Å². The first-order valence-electron chi connectivity index (χ1n) is 10.9. The van der Waals surface area contributed by atoms with Crippen LogP contribution in [0, 0.1) is 0 Å². The Morgan fingerprint density at radius 1 is 1.06 bits per heavy atom. The molecule has 4 heterocycles. The van der Waals surface area contributed by atoms with Gasteiger partial charge >= 0.3 is 6.01 Å². The number of nitrogens with one attached hydrogen (secondary N) is 1. The van der Waals surface area contributed by atoms with Crippen molar-refractivity contribution in [3.8, 4) is 17.3 Å². The van der Waals surface area contributed by atoms with Crippen LogP contribution in [0.3, 0.4) is 0 Å². The Hall–Kier alpha value is -3.65. The highest BCUT2D eigenvalue weighted by atomic mass is 16.5. The third-order valence-corrected chi connectivity index (χ3v) is 6.26. The number of allylic oxidation sites excluding steroid dienone is 1. The summed E-state index contributed by atoms with van der Waals surface area (Å²) in [5, 5.41) is 3.50. The van der Waals surface area contributed by atoms with Gasteiger partial charge in [-0.3, -0.25) is 4.98 Å². The Morgan fingerprint density at radius 2 is 1.97 bits per heavy atom. The van der Waals surface area contributed by atoms with E-state index in [1.165, 1.54) is 18.4 Å². The van der Waals surface area contributed by atoms with Gasteiger partial charge in [-0.15, -0.1) is 0 Å². The smallest absolute Gasteiger partial charge is 0.316 e. The number of nitrogens with zero attached hydrogens (tertiary/aromatic N) is 6. The van der Waals surface area contributed by atoms with E-state index in [0.29, 0.717) is 12.1 Å². The van der Waals surface area contributed by atoms with E-state index in [1.54, 1.807) is 25.7 Å². The van der Waals surface area contributed by atoms with Crippen molar-refractivity contribution in [1.82, 2.24) is 34.8 Å². The topological polar surface area (TPSA) is 90.6 Å². The average Bonchev–Trinajstić information content (AvgIpc) is 3.48. The molecule has 3 aromatic heterocycles. The molecule has 1 aliphatic carbocycles. The van der Waals surface area contributed by atoms with Crippen molar-refractivity contribution in [2.24, 2.45) is 0 Å². The first-order valence-corrected chi connectivity index (χ1v) is 10.9. The van der Waals surface area contributed by atoms with Gasteiger partial charge in [0.1, 0.15) is 0 Å². The molecule has 32 heavy (non-hydrogen) atoms. The molecule has 1 atom stereocenters. The van der Waals surface area contributed by atoms with Crippen LogP contribution in [0.25, 0.3) is 27.9 Å². The zero-order valence-corrected chi connectivity index (χ0v) is 17.8. The largest absolute Gasteiger partial charge is 0.467 e. The molecule has 1 saturated heterocycles. The second-order valence-electron chi connectivity index (χ2n) is 8.19. The molecule has 1 unspecified atom stereocenters. The van der Waals surface area contributed by atoms with Gasteiger partial charge in [-0.25, -0.2) is 19.9 Å². The maximum Gasteiger partial charge on any atom is 0.316 e. The minimum Gasteiger partial charge on any atom is -0.467 e. The highest BCUT2D eigenvalue weighted by molar-refractivity contribution is 5.88. The molecular weight excluding hydrogens is 402 g/mol. The lowest BCUT2D eigenvalue weighted by atomic mass is 10.0. The summed E-state index contributed by atoms with van der Waals surface area (Å²) in [6.45, 7) is 2.08. The molecule has 0 amide bonds. The lowest BCUT2D eigenvalue weighted by molar-refractivity contribution is 0.378. The van der Waals surface area contributed by atoms with Crippen LogP contribution in [-0.4, -0.2) is 49.7 Å². The van der Waals surface area contributed by atoms with Crippen LogP contribution in [-0.2, 0) is 6.42 Å². The van der Waals surface area contributed by atoms with Crippen molar-refractivity contribution in [3.05, 3.63) is 66.1 Å². The molecule has 8 nitrogen and oxygen atoms in total. The van der Waals surface area contributed by atoms with Crippen LogP contribution >= 0.6 is 0 Å². The monoisotopic (exact) mass is 425 g/mol. The predicted molar refractivity (Wildman–Crippen MR) is 121 cm³/mol.